The van der Waals surface area contributed by atoms with Crippen molar-refractivity contribution in [3.05, 3.63) is 55.9 Å². The van der Waals surface area contributed by atoms with Crippen molar-refractivity contribution in [2.75, 3.05) is 12.4 Å². The van der Waals surface area contributed by atoms with Gasteiger partial charge in [-0.1, -0.05) is 33.6 Å². The quantitative estimate of drug-likeness (QED) is 0.727. The third-order valence-electron chi connectivity index (χ3n) is 2.65. The Hall–Kier alpha value is -0.710. The summed E-state index contributed by atoms with van der Waals surface area (Å²) in [6.45, 7) is 0.719. The Morgan fingerprint density at radius 1 is 1.11 bits per heavy atom. The summed E-state index contributed by atoms with van der Waals surface area (Å²) < 4.78 is 7.12. The third kappa shape index (κ3) is 3.88. The Bertz CT molecular complexity index is 590. The van der Waals surface area contributed by atoms with E-state index in [2.05, 4.69) is 37.2 Å². The minimum absolute atomic E-state index is 0.719. The number of methoxy groups -OCH3 is 1. The van der Waals surface area contributed by atoms with Gasteiger partial charge in [-0.25, -0.2) is 0 Å². The second-order valence-electron chi connectivity index (χ2n) is 3.94. The van der Waals surface area contributed by atoms with Gasteiger partial charge >= 0.3 is 0 Å². The van der Waals surface area contributed by atoms with Crippen molar-refractivity contribution in [3.63, 3.8) is 0 Å². The van der Waals surface area contributed by atoms with E-state index < -0.39 is 0 Å². The van der Waals surface area contributed by atoms with Crippen molar-refractivity contribution in [1.29, 1.82) is 0 Å². The molecular weight excluding hydrogens is 393 g/mol. The van der Waals surface area contributed by atoms with Gasteiger partial charge in [-0.2, -0.15) is 0 Å². The van der Waals surface area contributed by atoms with Crippen molar-refractivity contribution in [3.8, 4) is 5.75 Å². The highest BCUT2D eigenvalue weighted by molar-refractivity contribution is 9.10. The molecule has 2 rings (SSSR count). The molecule has 0 amide bonds. The molecule has 0 aliphatic heterocycles. The first-order chi connectivity index (χ1) is 9.10. The maximum Gasteiger partial charge on any atom is 0.133 e. The first kappa shape index (κ1) is 14.7. The number of rotatable bonds is 4. The molecule has 0 radical (unpaired) electrons. The normalized spacial score (nSPS) is 10.3. The van der Waals surface area contributed by atoms with Crippen molar-refractivity contribution in [2.45, 2.75) is 6.54 Å². The van der Waals surface area contributed by atoms with Crippen LogP contribution in [-0.2, 0) is 6.54 Å². The summed E-state index contributed by atoms with van der Waals surface area (Å²) in [5.41, 5.74) is 2.17. The number of halogens is 3. The second kappa shape index (κ2) is 6.64. The van der Waals surface area contributed by atoms with E-state index >= 15 is 0 Å². The molecule has 0 aromatic heterocycles. The fraction of sp³-hybridized carbons (Fsp3) is 0.143. The first-order valence-corrected chi connectivity index (χ1v) is 7.58. The van der Waals surface area contributed by atoms with Crippen LogP contribution in [0.5, 0.6) is 5.75 Å². The number of ether oxygens (including phenoxy) is 1. The van der Waals surface area contributed by atoms with Crippen LogP contribution in [0.2, 0.25) is 5.02 Å². The summed E-state index contributed by atoms with van der Waals surface area (Å²) in [7, 11) is 1.65. The Labute approximate surface area is 134 Å². The monoisotopic (exact) mass is 403 g/mol. The second-order valence-corrected chi connectivity index (χ2v) is 6.08. The predicted octanol–water partition coefficient (Wildman–Crippen LogP) is 5.49. The van der Waals surface area contributed by atoms with Crippen LogP contribution in [0.3, 0.4) is 0 Å². The zero-order valence-corrected chi connectivity index (χ0v) is 14.1. The summed E-state index contributed by atoms with van der Waals surface area (Å²) >= 11 is 12.9. The van der Waals surface area contributed by atoms with Gasteiger partial charge in [0.1, 0.15) is 5.75 Å². The lowest BCUT2D eigenvalue weighted by molar-refractivity contribution is 0.412. The SMILES string of the molecule is COc1ccc(NCc2ccc(Cl)cc2Br)cc1Br. The number of hydrogen-bond acceptors (Lipinski definition) is 2. The van der Waals surface area contributed by atoms with Gasteiger partial charge in [-0.05, 0) is 51.8 Å². The summed E-state index contributed by atoms with van der Waals surface area (Å²) in [5, 5.41) is 4.08. The molecule has 0 aliphatic rings. The molecule has 0 bridgehead atoms. The lowest BCUT2D eigenvalue weighted by Gasteiger charge is -2.10. The van der Waals surface area contributed by atoms with E-state index in [9.17, 15) is 0 Å². The van der Waals surface area contributed by atoms with Gasteiger partial charge in [0.05, 0.1) is 11.6 Å². The summed E-state index contributed by atoms with van der Waals surface area (Å²) in [4.78, 5) is 0. The Morgan fingerprint density at radius 3 is 2.53 bits per heavy atom. The van der Waals surface area contributed by atoms with Crippen LogP contribution in [0.1, 0.15) is 5.56 Å². The summed E-state index contributed by atoms with van der Waals surface area (Å²) in [5.74, 6) is 0.818. The molecule has 0 saturated carbocycles. The maximum absolute atomic E-state index is 5.92. The van der Waals surface area contributed by atoms with Crippen LogP contribution in [0, 0.1) is 0 Å². The highest BCUT2D eigenvalue weighted by Gasteiger charge is 2.03. The predicted molar refractivity (Wildman–Crippen MR) is 87.2 cm³/mol. The van der Waals surface area contributed by atoms with Gasteiger partial charge in [-0.3, -0.25) is 0 Å². The van der Waals surface area contributed by atoms with Gasteiger partial charge in [0.2, 0.25) is 0 Å². The largest absolute Gasteiger partial charge is 0.496 e. The van der Waals surface area contributed by atoms with Crippen LogP contribution >= 0.6 is 43.5 Å². The van der Waals surface area contributed by atoms with E-state index in [1.54, 1.807) is 7.11 Å². The van der Waals surface area contributed by atoms with E-state index in [-0.39, 0.29) is 0 Å². The Kier molecular flexibility index (Phi) is 5.13. The van der Waals surface area contributed by atoms with Crippen LogP contribution in [-0.4, -0.2) is 7.11 Å². The smallest absolute Gasteiger partial charge is 0.133 e. The molecule has 0 aliphatic carbocycles. The molecule has 100 valence electrons. The average molecular weight is 406 g/mol. The molecule has 0 spiro atoms. The minimum Gasteiger partial charge on any atom is -0.496 e. The van der Waals surface area contributed by atoms with Gasteiger partial charge in [0.25, 0.3) is 0 Å². The lowest BCUT2D eigenvalue weighted by Crippen LogP contribution is -2.00. The van der Waals surface area contributed by atoms with Gasteiger partial charge in [-0.15, -0.1) is 0 Å². The molecule has 2 nitrogen and oxygen atoms in total. The average Bonchev–Trinajstić information content (AvgIpc) is 2.38. The number of hydrogen-bond donors (Lipinski definition) is 1. The molecule has 0 heterocycles. The number of anilines is 1. The molecule has 19 heavy (non-hydrogen) atoms. The van der Waals surface area contributed by atoms with E-state index in [0.29, 0.717) is 0 Å². The number of nitrogens with one attached hydrogen (secondary N) is 1. The van der Waals surface area contributed by atoms with Crippen molar-refractivity contribution < 1.29 is 4.74 Å². The van der Waals surface area contributed by atoms with Crippen molar-refractivity contribution >= 4 is 49.1 Å². The molecule has 2 aromatic carbocycles. The molecule has 0 unspecified atom stereocenters. The highest BCUT2D eigenvalue weighted by atomic mass is 79.9. The van der Waals surface area contributed by atoms with Crippen LogP contribution in [0.4, 0.5) is 5.69 Å². The molecule has 2 aromatic rings. The van der Waals surface area contributed by atoms with E-state index in [1.807, 2.05) is 36.4 Å². The van der Waals surface area contributed by atoms with Crippen LogP contribution in [0.25, 0.3) is 0 Å². The highest BCUT2D eigenvalue weighted by Crippen LogP contribution is 2.28. The Morgan fingerprint density at radius 2 is 1.89 bits per heavy atom. The fourth-order valence-corrected chi connectivity index (χ4v) is 3.00. The zero-order chi connectivity index (χ0) is 13.8. The summed E-state index contributed by atoms with van der Waals surface area (Å²) in [6, 6.07) is 11.7. The topological polar surface area (TPSA) is 21.3 Å². The third-order valence-corrected chi connectivity index (χ3v) is 4.24. The van der Waals surface area contributed by atoms with Gasteiger partial charge in [0, 0.05) is 21.7 Å². The minimum atomic E-state index is 0.719. The zero-order valence-electron chi connectivity index (χ0n) is 10.2. The molecule has 0 saturated heterocycles. The molecule has 1 N–H and O–H groups in total. The van der Waals surface area contributed by atoms with Crippen molar-refractivity contribution in [1.82, 2.24) is 0 Å². The van der Waals surface area contributed by atoms with Crippen LogP contribution < -0.4 is 10.1 Å². The van der Waals surface area contributed by atoms with E-state index in [4.69, 9.17) is 16.3 Å². The van der Waals surface area contributed by atoms with E-state index in [0.717, 1.165) is 37.5 Å². The van der Waals surface area contributed by atoms with Gasteiger partial charge < -0.3 is 10.1 Å². The summed E-state index contributed by atoms with van der Waals surface area (Å²) in [6.07, 6.45) is 0. The molecule has 0 atom stereocenters. The van der Waals surface area contributed by atoms with E-state index in [1.165, 1.54) is 0 Å². The Balaban J connectivity index is 2.08. The van der Waals surface area contributed by atoms with Gasteiger partial charge in [0.15, 0.2) is 0 Å². The molecule has 0 fully saturated rings. The molecule has 5 heteroatoms. The molecular formula is C14H12Br2ClNO. The first-order valence-electron chi connectivity index (χ1n) is 5.61. The maximum atomic E-state index is 5.92. The lowest BCUT2D eigenvalue weighted by atomic mass is 10.2. The van der Waals surface area contributed by atoms with Crippen LogP contribution in [0.15, 0.2) is 45.3 Å². The van der Waals surface area contributed by atoms with Crippen molar-refractivity contribution in [2.24, 2.45) is 0 Å². The number of benzene rings is 2. The standard InChI is InChI=1S/C14H12Br2ClNO/c1-19-14-5-4-11(7-13(14)16)18-8-9-2-3-10(17)6-12(9)15/h2-7,18H,8H2,1H3. The fourth-order valence-electron chi connectivity index (χ4n) is 1.64.